The van der Waals surface area contributed by atoms with E-state index in [0.29, 0.717) is 6.54 Å². The average Bonchev–Trinajstić information content (AvgIpc) is 2.65. The molecular formula is C15H21N3. The summed E-state index contributed by atoms with van der Waals surface area (Å²) in [5.41, 5.74) is 11.8. The minimum absolute atomic E-state index is 0.635. The molecule has 3 nitrogen and oxygen atoms in total. The first-order valence-corrected chi connectivity index (χ1v) is 6.40. The monoisotopic (exact) mass is 243 g/mol. The predicted molar refractivity (Wildman–Crippen MR) is 74.8 cm³/mol. The SMILES string of the molecule is Cc1ccc(Cc2nc(CCN)[nH]c2C)cc1C. The van der Waals surface area contributed by atoms with Gasteiger partial charge in [-0.25, -0.2) is 4.98 Å². The van der Waals surface area contributed by atoms with Crippen molar-refractivity contribution in [1.29, 1.82) is 0 Å². The third-order valence-corrected chi connectivity index (χ3v) is 3.36. The van der Waals surface area contributed by atoms with Crippen molar-refractivity contribution in [1.82, 2.24) is 9.97 Å². The van der Waals surface area contributed by atoms with Gasteiger partial charge >= 0.3 is 0 Å². The lowest BCUT2D eigenvalue weighted by molar-refractivity contribution is 0.885. The zero-order valence-electron chi connectivity index (χ0n) is 11.4. The molecule has 0 unspecified atom stereocenters. The lowest BCUT2D eigenvalue weighted by atomic mass is 10.0. The van der Waals surface area contributed by atoms with Crippen LogP contribution in [0.25, 0.3) is 0 Å². The van der Waals surface area contributed by atoms with E-state index in [4.69, 9.17) is 5.73 Å². The van der Waals surface area contributed by atoms with Crippen LogP contribution in [-0.4, -0.2) is 16.5 Å². The smallest absolute Gasteiger partial charge is 0.107 e. The number of nitrogens with two attached hydrogens (primary N) is 1. The molecule has 1 heterocycles. The highest BCUT2D eigenvalue weighted by molar-refractivity contribution is 5.33. The maximum atomic E-state index is 5.55. The third kappa shape index (κ3) is 2.79. The number of nitrogens with zero attached hydrogens (tertiary/aromatic N) is 1. The van der Waals surface area contributed by atoms with Gasteiger partial charge in [0.2, 0.25) is 0 Å². The van der Waals surface area contributed by atoms with Crippen molar-refractivity contribution in [3.05, 3.63) is 52.1 Å². The van der Waals surface area contributed by atoms with Gasteiger partial charge in [-0.2, -0.15) is 0 Å². The van der Waals surface area contributed by atoms with Gasteiger partial charge < -0.3 is 10.7 Å². The number of aromatic nitrogens is 2. The largest absolute Gasteiger partial charge is 0.346 e. The first-order valence-electron chi connectivity index (χ1n) is 6.40. The van der Waals surface area contributed by atoms with Gasteiger partial charge in [0.05, 0.1) is 5.69 Å². The fourth-order valence-corrected chi connectivity index (χ4v) is 2.10. The summed E-state index contributed by atoms with van der Waals surface area (Å²) in [4.78, 5) is 7.91. The van der Waals surface area contributed by atoms with Gasteiger partial charge in [0.15, 0.2) is 0 Å². The Morgan fingerprint density at radius 1 is 1.17 bits per heavy atom. The first kappa shape index (κ1) is 12.8. The summed E-state index contributed by atoms with van der Waals surface area (Å²) in [7, 11) is 0. The summed E-state index contributed by atoms with van der Waals surface area (Å²) in [6.07, 6.45) is 1.70. The molecule has 0 fully saturated rings. The molecule has 18 heavy (non-hydrogen) atoms. The normalized spacial score (nSPS) is 10.9. The molecular weight excluding hydrogens is 222 g/mol. The van der Waals surface area contributed by atoms with E-state index in [1.165, 1.54) is 16.7 Å². The number of nitrogens with one attached hydrogen (secondary N) is 1. The topological polar surface area (TPSA) is 54.7 Å². The van der Waals surface area contributed by atoms with Gasteiger partial charge in [-0.3, -0.25) is 0 Å². The zero-order valence-corrected chi connectivity index (χ0v) is 11.4. The molecule has 2 rings (SSSR count). The third-order valence-electron chi connectivity index (χ3n) is 3.36. The fourth-order valence-electron chi connectivity index (χ4n) is 2.10. The number of aryl methyl sites for hydroxylation is 3. The van der Waals surface area contributed by atoms with E-state index in [0.717, 1.165) is 30.1 Å². The number of H-pyrrole nitrogens is 1. The second kappa shape index (κ2) is 5.36. The molecule has 1 aromatic heterocycles. The van der Waals surface area contributed by atoms with Crippen LogP contribution in [0, 0.1) is 20.8 Å². The van der Waals surface area contributed by atoms with Crippen LogP contribution in [-0.2, 0) is 12.8 Å². The molecule has 3 heteroatoms. The van der Waals surface area contributed by atoms with Crippen molar-refractivity contribution in [3.63, 3.8) is 0 Å². The Morgan fingerprint density at radius 2 is 1.94 bits per heavy atom. The van der Waals surface area contributed by atoms with Gasteiger partial charge in [0, 0.05) is 18.5 Å². The summed E-state index contributed by atoms with van der Waals surface area (Å²) >= 11 is 0. The van der Waals surface area contributed by atoms with Crippen molar-refractivity contribution < 1.29 is 0 Å². The molecule has 0 bridgehead atoms. The lowest BCUT2D eigenvalue weighted by Gasteiger charge is -2.04. The van der Waals surface area contributed by atoms with E-state index in [1.54, 1.807) is 0 Å². The molecule has 0 radical (unpaired) electrons. The first-order chi connectivity index (χ1) is 8.60. The van der Waals surface area contributed by atoms with Crippen molar-refractivity contribution in [3.8, 4) is 0 Å². The van der Waals surface area contributed by atoms with Crippen LogP contribution in [0.2, 0.25) is 0 Å². The average molecular weight is 243 g/mol. The molecule has 3 N–H and O–H groups in total. The molecule has 0 saturated carbocycles. The van der Waals surface area contributed by atoms with Crippen molar-refractivity contribution in [2.45, 2.75) is 33.6 Å². The fraction of sp³-hybridized carbons (Fsp3) is 0.400. The quantitative estimate of drug-likeness (QED) is 0.866. The van der Waals surface area contributed by atoms with Gasteiger partial charge in [-0.1, -0.05) is 18.2 Å². The van der Waals surface area contributed by atoms with E-state index in [9.17, 15) is 0 Å². The Kier molecular flexibility index (Phi) is 3.82. The van der Waals surface area contributed by atoms with E-state index in [-0.39, 0.29) is 0 Å². The highest BCUT2D eigenvalue weighted by Crippen LogP contribution is 2.15. The van der Waals surface area contributed by atoms with Crippen LogP contribution in [0.5, 0.6) is 0 Å². The number of benzene rings is 1. The van der Waals surface area contributed by atoms with Crippen LogP contribution in [0.1, 0.15) is 33.9 Å². The Labute approximate surface area is 108 Å². The van der Waals surface area contributed by atoms with E-state index in [2.05, 4.69) is 48.9 Å². The van der Waals surface area contributed by atoms with Gasteiger partial charge in [0.1, 0.15) is 5.82 Å². The zero-order chi connectivity index (χ0) is 13.1. The lowest BCUT2D eigenvalue weighted by Crippen LogP contribution is -2.04. The Hall–Kier alpha value is -1.61. The summed E-state index contributed by atoms with van der Waals surface area (Å²) in [5.74, 6) is 0.994. The van der Waals surface area contributed by atoms with Gasteiger partial charge in [-0.15, -0.1) is 0 Å². The Morgan fingerprint density at radius 3 is 2.61 bits per heavy atom. The van der Waals surface area contributed by atoms with Gasteiger partial charge in [0.25, 0.3) is 0 Å². The number of imidazole rings is 1. The van der Waals surface area contributed by atoms with E-state index in [1.807, 2.05) is 0 Å². The second-order valence-electron chi connectivity index (χ2n) is 4.89. The molecule has 0 spiro atoms. The summed E-state index contributed by atoms with van der Waals surface area (Å²) in [5, 5.41) is 0. The predicted octanol–water partition coefficient (Wildman–Crippen LogP) is 2.43. The van der Waals surface area contributed by atoms with Crippen molar-refractivity contribution in [2.24, 2.45) is 5.73 Å². The summed E-state index contributed by atoms with van der Waals surface area (Å²) in [6, 6.07) is 6.60. The molecule has 1 aromatic carbocycles. The van der Waals surface area contributed by atoms with Crippen LogP contribution >= 0.6 is 0 Å². The second-order valence-corrected chi connectivity index (χ2v) is 4.89. The molecule has 0 aliphatic carbocycles. The van der Waals surface area contributed by atoms with Crippen LogP contribution in [0.15, 0.2) is 18.2 Å². The minimum Gasteiger partial charge on any atom is -0.346 e. The number of aromatic amines is 1. The van der Waals surface area contributed by atoms with E-state index < -0.39 is 0 Å². The molecule has 0 aliphatic heterocycles. The molecule has 0 atom stereocenters. The highest BCUT2D eigenvalue weighted by Gasteiger charge is 2.07. The number of hydrogen-bond acceptors (Lipinski definition) is 2. The van der Waals surface area contributed by atoms with Gasteiger partial charge in [-0.05, 0) is 44.0 Å². The van der Waals surface area contributed by atoms with Crippen LogP contribution in [0.3, 0.4) is 0 Å². The molecule has 0 aliphatic rings. The molecule has 2 aromatic rings. The van der Waals surface area contributed by atoms with Crippen molar-refractivity contribution >= 4 is 0 Å². The van der Waals surface area contributed by atoms with Crippen molar-refractivity contribution in [2.75, 3.05) is 6.54 Å². The molecule has 0 amide bonds. The number of hydrogen-bond donors (Lipinski definition) is 2. The Bertz CT molecular complexity index is 541. The maximum absolute atomic E-state index is 5.55. The highest BCUT2D eigenvalue weighted by atomic mass is 14.9. The van der Waals surface area contributed by atoms with Crippen LogP contribution in [0.4, 0.5) is 0 Å². The Balaban J connectivity index is 2.20. The minimum atomic E-state index is 0.635. The summed E-state index contributed by atoms with van der Waals surface area (Å²) < 4.78 is 0. The maximum Gasteiger partial charge on any atom is 0.107 e. The molecule has 0 saturated heterocycles. The van der Waals surface area contributed by atoms with Crippen LogP contribution < -0.4 is 5.73 Å². The number of rotatable bonds is 4. The molecule has 96 valence electrons. The summed E-state index contributed by atoms with van der Waals surface area (Å²) in [6.45, 7) is 6.99. The van der Waals surface area contributed by atoms with E-state index >= 15 is 0 Å². The standard InChI is InChI=1S/C15H21N3/c1-10-4-5-13(8-11(10)2)9-14-12(3)17-15(18-14)6-7-16/h4-5,8H,6-7,9,16H2,1-3H3,(H,17,18).